The number of methoxy groups -OCH3 is 1. The highest BCUT2D eigenvalue weighted by molar-refractivity contribution is 5.87. The van der Waals surface area contributed by atoms with Gasteiger partial charge in [-0.2, -0.15) is 0 Å². The number of carboxylic acid groups (broad SMARTS) is 1. The van der Waals surface area contributed by atoms with Crippen LogP contribution in [-0.4, -0.2) is 55.5 Å². The molecule has 2 aromatic rings. The zero-order chi connectivity index (χ0) is 24.7. The molecular weight excluding hydrogens is 436 g/mol. The number of carbonyl (C=O) groups excluding carboxylic acids is 2. The molecule has 3 N–H and O–H groups in total. The maximum atomic E-state index is 12.4. The molecule has 2 amide bonds. The monoisotopic (exact) mass is 468 g/mol. The summed E-state index contributed by atoms with van der Waals surface area (Å²) < 4.78 is 10.5. The van der Waals surface area contributed by atoms with Gasteiger partial charge in [-0.05, 0) is 35.1 Å². The molecule has 0 spiro atoms. The Hall–Kier alpha value is -3.39. The molecule has 2 aromatic carbocycles. The number of rotatable bonds is 11. The fourth-order valence-corrected chi connectivity index (χ4v) is 4.30. The van der Waals surface area contributed by atoms with Gasteiger partial charge < -0.3 is 25.2 Å². The van der Waals surface area contributed by atoms with Crippen LogP contribution in [0.5, 0.6) is 0 Å². The van der Waals surface area contributed by atoms with Crippen LogP contribution in [0.2, 0.25) is 0 Å². The van der Waals surface area contributed by atoms with Crippen molar-refractivity contribution < 1.29 is 29.0 Å². The molecule has 3 rings (SSSR count). The summed E-state index contributed by atoms with van der Waals surface area (Å²) in [5.74, 6) is -1.78. The predicted octanol–water partition coefficient (Wildman–Crippen LogP) is 3.55. The third kappa shape index (κ3) is 5.75. The van der Waals surface area contributed by atoms with E-state index in [-0.39, 0.29) is 38.0 Å². The molecule has 34 heavy (non-hydrogen) atoms. The molecule has 2 unspecified atom stereocenters. The zero-order valence-corrected chi connectivity index (χ0v) is 19.8. The lowest BCUT2D eigenvalue weighted by molar-refractivity contribution is -0.149. The Bertz CT molecular complexity index is 994. The predicted molar refractivity (Wildman–Crippen MR) is 128 cm³/mol. The van der Waals surface area contributed by atoms with Crippen LogP contribution in [0.3, 0.4) is 0 Å². The highest BCUT2D eigenvalue weighted by Gasteiger charge is 2.35. The average Bonchev–Trinajstić information content (AvgIpc) is 3.14. The number of carboxylic acids is 1. The molecule has 182 valence electrons. The highest BCUT2D eigenvalue weighted by Crippen LogP contribution is 2.44. The minimum Gasteiger partial charge on any atom is -0.479 e. The first-order valence-corrected chi connectivity index (χ1v) is 11.4. The number of aliphatic carboxylic acids is 1. The van der Waals surface area contributed by atoms with Crippen LogP contribution in [0.1, 0.15) is 43.7 Å². The van der Waals surface area contributed by atoms with Crippen molar-refractivity contribution >= 4 is 18.0 Å². The molecule has 8 heteroatoms. The van der Waals surface area contributed by atoms with E-state index >= 15 is 0 Å². The summed E-state index contributed by atoms with van der Waals surface area (Å²) >= 11 is 0. The minimum atomic E-state index is -1.51. The van der Waals surface area contributed by atoms with E-state index in [1.165, 1.54) is 14.0 Å². The van der Waals surface area contributed by atoms with E-state index in [9.17, 15) is 19.5 Å². The van der Waals surface area contributed by atoms with Gasteiger partial charge in [0, 0.05) is 26.0 Å². The second kappa shape index (κ2) is 11.2. The molecule has 2 atom stereocenters. The van der Waals surface area contributed by atoms with Crippen molar-refractivity contribution in [2.24, 2.45) is 5.92 Å². The van der Waals surface area contributed by atoms with Gasteiger partial charge in [0.05, 0.1) is 6.61 Å². The first-order valence-electron chi connectivity index (χ1n) is 11.4. The van der Waals surface area contributed by atoms with Crippen LogP contribution in [0, 0.1) is 5.92 Å². The Balaban J connectivity index is 1.52. The number of benzene rings is 2. The highest BCUT2D eigenvalue weighted by atomic mass is 16.5. The van der Waals surface area contributed by atoms with Crippen molar-refractivity contribution in [3.05, 3.63) is 59.7 Å². The van der Waals surface area contributed by atoms with Gasteiger partial charge in [-0.15, -0.1) is 0 Å². The molecule has 0 saturated carbocycles. The number of nitrogens with one attached hydrogen (secondary N) is 2. The molecule has 0 aromatic heterocycles. The second-order valence-corrected chi connectivity index (χ2v) is 8.80. The Morgan fingerprint density at radius 1 is 1.06 bits per heavy atom. The topological polar surface area (TPSA) is 114 Å². The van der Waals surface area contributed by atoms with E-state index in [4.69, 9.17) is 9.47 Å². The van der Waals surface area contributed by atoms with Crippen molar-refractivity contribution in [3.8, 4) is 11.1 Å². The van der Waals surface area contributed by atoms with Crippen molar-refractivity contribution in [2.75, 3.05) is 26.9 Å². The SMILES string of the molecule is CCC(CNC(=O)OCC1c2ccccc2-c2ccccc21)CC(=O)NC(C)(COC)C(=O)O. The summed E-state index contributed by atoms with van der Waals surface area (Å²) in [5, 5.41) is 14.6. The van der Waals surface area contributed by atoms with E-state index in [0.29, 0.717) is 6.42 Å². The Morgan fingerprint density at radius 3 is 2.18 bits per heavy atom. The lowest BCUT2D eigenvalue weighted by Crippen LogP contribution is -2.55. The smallest absolute Gasteiger partial charge is 0.407 e. The number of hydrogen-bond acceptors (Lipinski definition) is 5. The van der Waals surface area contributed by atoms with Crippen molar-refractivity contribution in [3.63, 3.8) is 0 Å². The Kier molecular flexibility index (Phi) is 8.28. The third-order valence-electron chi connectivity index (χ3n) is 6.25. The van der Waals surface area contributed by atoms with E-state index in [1.807, 2.05) is 31.2 Å². The maximum Gasteiger partial charge on any atom is 0.407 e. The van der Waals surface area contributed by atoms with Crippen LogP contribution >= 0.6 is 0 Å². The molecule has 1 aliphatic carbocycles. The van der Waals surface area contributed by atoms with Gasteiger partial charge in [-0.25, -0.2) is 9.59 Å². The summed E-state index contributed by atoms with van der Waals surface area (Å²) in [7, 11) is 1.38. The number of fused-ring (bicyclic) bond motifs is 3. The van der Waals surface area contributed by atoms with E-state index in [2.05, 4.69) is 34.9 Å². The summed E-state index contributed by atoms with van der Waals surface area (Å²) in [6.07, 6.45) is 0.160. The van der Waals surface area contributed by atoms with Crippen molar-refractivity contribution in [1.82, 2.24) is 10.6 Å². The normalized spacial score (nSPS) is 14.9. The van der Waals surface area contributed by atoms with Gasteiger partial charge in [-0.1, -0.05) is 61.9 Å². The summed E-state index contributed by atoms with van der Waals surface area (Å²) in [6, 6.07) is 16.2. The van der Waals surface area contributed by atoms with Gasteiger partial charge in [0.1, 0.15) is 6.61 Å². The van der Waals surface area contributed by atoms with Gasteiger partial charge in [0.25, 0.3) is 0 Å². The molecular formula is C26H32N2O6. The first kappa shape index (κ1) is 25.2. The van der Waals surface area contributed by atoms with E-state index in [0.717, 1.165) is 22.3 Å². The minimum absolute atomic E-state index is 0.0274. The zero-order valence-electron chi connectivity index (χ0n) is 19.8. The molecule has 0 fully saturated rings. The van der Waals surface area contributed by atoms with Crippen LogP contribution in [0.15, 0.2) is 48.5 Å². The Morgan fingerprint density at radius 2 is 1.65 bits per heavy atom. The molecule has 8 nitrogen and oxygen atoms in total. The fraction of sp³-hybridized carbons (Fsp3) is 0.423. The van der Waals surface area contributed by atoms with Crippen LogP contribution in [-0.2, 0) is 19.1 Å². The standard InChI is InChI=1S/C26H32N2O6/c1-4-17(13-23(29)28-26(2,16-33-3)24(30)31)14-27-25(32)34-15-22-20-11-7-5-9-18(20)19-10-6-8-12-21(19)22/h5-12,17,22H,4,13-16H2,1-3H3,(H,27,32)(H,28,29)(H,30,31). The quantitative estimate of drug-likeness (QED) is 0.465. The Labute approximate surface area is 199 Å². The maximum absolute atomic E-state index is 12.4. The second-order valence-electron chi connectivity index (χ2n) is 8.80. The molecule has 0 aliphatic heterocycles. The summed E-state index contributed by atoms with van der Waals surface area (Å²) in [4.78, 5) is 36.3. The van der Waals surface area contributed by atoms with Gasteiger partial charge >= 0.3 is 12.1 Å². The van der Waals surface area contributed by atoms with Gasteiger partial charge in [0.15, 0.2) is 5.54 Å². The van der Waals surface area contributed by atoms with Crippen LogP contribution < -0.4 is 10.6 Å². The fourth-order valence-electron chi connectivity index (χ4n) is 4.30. The molecule has 1 aliphatic rings. The average molecular weight is 469 g/mol. The lowest BCUT2D eigenvalue weighted by atomic mass is 9.98. The third-order valence-corrected chi connectivity index (χ3v) is 6.25. The summed E-state index contributed by atoms with van der Waals surface area (Å²) in [6.45, 7) is 3.61. The molecule has 0 heterocycles. The van der Waals surface area contributed by atoms with E-state index < -0.39 is 23.5 Å². The van der Waals surface area contributed by atoms with Crippen LogP contribution in [0.4, 0.5) is 4.79 Å². The first-order chi connectivity index (χ1) is 16.3. The van der Waals surface area contributed by atoms with Gasteiger partial charge in [0.2, 0.25) is 5.91 Å². The number of ether oxygens (including phenoxy) is 2. The largest absolute Gasteiger partial charge is 0.479 e. The number of carbonyl (C=O) groups is 3. The lowest BCUT2D eigenvalue weighted by Gasteiger charge is -2.26. The number of alkyl carbamates (subject to hydrolysis) is 1. The van der Waals surface area contributed by atoms with E-state index in [1.54, 1.807) is 0 Å². The van der Waals surface area contributed by atoms with Gasteiger partial charge in [-0.3, -0.25) is 4.79 Å². The molecule has 0 saturated heterocycles. The van der Waals surface area contributed by atoms with Crippen molar-refractivity contribution in [1.29, 1.82) is 0 Å². The van der Waals surface area contributed by atoms with Crippen LogP contribution in [0.25, 0.3) is 11.1 Å². The van der Waals surface area contributed by atoms with Crippen molar-refractivity contribution in [2.45, 2.75) is 38.1 Å². The number of amides is 2. The molecule has 0 bridgehead atoms. The number of hydrogen-bond donors (Lipinski definition) is 3. The summed E-state index contributed by atoms with van der Waals surface area (Å²) in [5.41, 5.74) is 3.08. The molecule has 0 radical (unpaired) electrons.